The number of likely N-dealkylation sites (N-methyl/N-ethyl adjacent to an activating group) is 1. The first-order valence-electron chi connectivity index (χ1n) is 23.0. The maximum atomic E-state index is 14.4. The third-order valence-electron chi connectivity index (χ3n) is 11.7. The van der Waals surface area contributed by atoms with Crippen LogP contribution in [0.1, 0.15) is 84.9 Å². The second-order valence-corrected chi connectivity index (χ2v) is 17.8. The van der Waals surface area contributed by atoms with Gasteiger partial charge in [0.25, 0.3) is 0 Å². The summed E-state index contributed by atoms with van der Waals surface area (Å²) in [5.74, 6) is -6.69. The van der Waals surface area contributed by atoms with Crippen LogP contribution < -0.4 is 54.4 Å². The number of guanidine groups is 1. The van der Waals surface area contributed by atoms with Gasteiger partial charge in [-0.05, 0) is 68.2 Å². The van der Waals surface area contributed by atoms with Crippen LogP contribution in [0.25, 0.3) is 0 Å². The van der Waals surface area contributed by atoms with Crippen molar-refractivity contribution >= 4 is 53.2 Å². The predicted molar refractivity (Wildman–Crippen MR) is 253 cm³/mol. The summed E-state index contributed by atoms with van der Waals surface area (Å²) in [4.78, 5) is 122. The molecule has 1 saturated heterocycles. The Kier molecular flexibility index (Phi) is 22.2. The van der Waals surface area contributed by atoms with Crippen molar-refractivity contribution in [3.05, 3.63) is 48.0 Å². The summed E-state index contributed by atoms with van der Waals surface area (Å²) in [6, 6.07) is -2.05. The number of imidazole rings is 1. The van der Waals surface area contributed by atoms with E-state index in [-0.39, 0.29) is 56.5 Å². The van der Waals surface area contributed by atoms with Crippen molar-refractivity contribution in [2.24, 2.45) is 39.9 Å². The molecule has 23 nitrogen and oxygen atoms in total. The number of carbonyl (C=O) groups is 8. The van der Waals surface area contributed by atoms with E-state index < -0.39 is 101 Å². The number of rotatable bonds is 27. The number of nitrogens with two attached hydrogens (primary N) is 3. The fourth-order valence-electron chi connectivity index (χ4n) is 7.65. The van der Waals surface area contributed by atoms with Gasteiger partial charge in [0.2, 0.25) is 47.3 Å². The molecule has 0 spiro atoms. The molecule has 15 N–H and O–H groups in total. The lowest BCUT2D eigenvalue weighted by molar-refractivity contribution is -0.142. The third-order valence-corrected chi connectivity index (χ3v) is 11.7. The number of aliphatic imine (C=N–C) groups is 1. The number of aromatic nitrogens is 2. The molecule has 2 heterocycles. The summed E-state index contributed by atoms with van der Waals surface area (Å²) < 4.78 is 0. The van der Waals surface area contributed by atoms with Crippen molar-refractivity contribution in [2.75, 3.05) is 26.7 Å². The van der Waals surface area contributed by atoms with Gasteiger partial charge in [-0.3, -0.25) is 43.3 Å². The lowest BCUT2D eigenvalue weighted by Gasteiger charge is -2.32. The number of phenols is 1. The number of nitrogens with one attached hydrogen (secondary N) is 8. The number of phenolic OH excluding ortho intramolecular Hbond substituents is 1. The molecule has 8 atom stereocenters. The van der Waals surface area contributed by atoms with Crippen LogP contribution in [0, 0.1) is 17.8 Å². The van der Waals surface area contributed by atoms with Gasteiger partial charge < -0.3 is 69.4 Å². The van der Waals surface area contributed by atoms with Gasteiger partial charge in [0.05, 0.1) is 12.9 Å². The number of amides is 8. The quantitative estimate of drug-likeness (QED) is 0.0260. The standard InChI is InChI=1S/C45H72N14O9/c1-8-26(6)37(38(46)62)58-41(65)33-12-10-18-59(33)44(68)32(20-28-21-50-23-52-28)55-43(67)36(25(4)5)57-40(64)31(19-27-13-15-29(60)16-14-27)54-42(66)35(24(2)3)56-39(63)30(53-34(61)22-49-7)11-9-17-51-45(47)48/h13-16,21,23-26,30-33,35-37,49,60H,8-12,17-20,22H2,1-7H3,(H2,46,62)(H,50,52)(H,53,61)(H,54,66)(H,55,67)(H,56,63)(H,57,64)(H,58,65)(H4,47,48,51)/t26-,30-,31-,32-,33-,35-,36-,37-/m0/s1. The summed E-state index contributed by atoms with van der Waals surface area (Å²) in [7, 11) is 1.57. The van der Waals surface area contributed by atoms with Gasteiger partial charge in [-0.15, -0.1) is 0 Å². The third kappa shape index (κ3) is 17.1. The van der Waals surface area contributed by atoms with Crippen molar-refractivity contribution in [2.45, 2.75) is 129 Å². The summed E-state index contributed by atoms with van der Waals surface area (Å²) in [5.41, 5.74) is 17.5. The Morgan fingerprint density at radius 3 is 1.93 bits per heavy atom. The molecule has 8 amide bonds. The summed E-state index contributed by atoms with van der Waals surface area (Å²) in [6.45, 7) is 10.7. The van der Waals surface area contributed by atoms with E-state index in [0.717, 1.165) is 0 Å². The number of benzene rings is 1. The summed E-state index contributed by atoms with van der Waals surface area (Å²) in [5, 5.41) is 29.1. The van der Waals surface area contributed by atoms with E-state index in [9.17, 15) is 43.5 Å². The number of likely N-dealkylation sites (tertiary alicyclic amines) is 1. The zero-order valence-corrected chi connectivity index (χ0v) is 40.1. The van der Waals surface area contributed by atoms with E-state index in [1.54, 1.807) is 53.8 Å². The van der Waals surface area contributed by atoms with Crippen LogP contribution in [0.15, 0.2) is 41.8 Å². The Hall–Kier alpha value is -6.78. The second-order valence-electron chi connectivity index (χ2n) is 17.8. The molecule has 2 aromatic rings. The van der Waals surface area contributed by atoms with Gasteiger partial charge in [-0.1, -0.05) is 60.1 Å². The molecule has 0 unspecified atom stereocenters. The molecule has 1 aliphatic heterocycles. The van der Waals surface area contributed by atoms with E-state index in [2.05, 4.69) is 52.2 Å². The Balaban J connectivity index is 1.90. The number of primary amides is 1. The molecule has 0 radical (unpaired) electrons. The van der Waals surface area contributed by atoms with Crippen LogP contribution in [0.3, 0.4) is 0 Å². The molecule has 1 aromatic heterocycles. The van der Waals surface area contributed by atoms with Gasteiger partial charge in [-0.25, -0.2) is 4.98 Å². The van der Waals surface area contributed by atoms with Crippen molar-refractivity contribution in [1.29, 1.82) is 0 Å². The molecule has 23 heteroatoms. The molecule has 1 aromatic carbocycles. The highest BCUT2D eigenvalue weighted by atomic mass is 16.3. The Labute approximate surface area is 397 Å². The van der Waals surface area contributed by atoms with E-state index in [0.29, 0.717) is 36.9 Å². The Bertz CT molecular complexity index is 2040. The molecule has 3 rings (SSSR count). The maximum absolute atomic E-state index is 14.4. The number of carbonyl (C=O) groups excluding carboxylic acids is 8. The summed E-state index contributed by atoms with van der Waals surface area (Å²) >= 11 is 0. The van der Waals surface area contributed by atoms with E-state index >= 15 is 0 Å². The lowest BCUT2D eigenvalue weighted by atomic mass is 9.98. The van der Waals surface area contributed by atoms with E-state index in [1.807, 2.05) is 6.92 Å². The predicted octanol–water partition coefficient (Wildman–Crippen LogP) is -2.08. The molecule has 0 saturated carbocycles. The van der Waals surface area contributed by atoms with Gasteiger partial charge >= 0.3 is 0 Å². The zero-order valence-electron chi connectivity index (χ0n) is 40.1. The number of aromatic amines is 1. The van der Waals surface area contributed by atoms with Crippen LogP contribution in [0.2, 0.25) is 0 Å². The van der Waals surface area contributed by atoms with Crippen LogP contribution in [-0.4, -0.2) is 142 Å². The molecule has 1 aliphatic rings. The van der Waals surface area contributed by atoms with E-state index in [1.165, 1.54) is 29.6 Å². The zero-order chi connectivity index (χ0) is 50.7. The molecule has 1 fully saturated rings. The fourth-order valence-corrected chi connectivity index (χ4v) is 7.65. The average molecular weight is 953 g/mol. The number of nitrogens with zero attached hydrogens (tertiary/aromatic N) is 3. The van der Waals surface area contributed by atoms with Crippen LogP contribution in [-0.2, 0) is 51.2 Å². The van der Waals surface area contributed by atoms with Gasteiger partial charge in [0.15, 0.2) is 5.96 Å². The molecule has 68 heavy (non-hydrogen) atoms. The van der Waals surface area contributed by atoms with Crippen LogP contribution >= 0.6 is 0 Å². The minimum absolute atomic E-state index is 0.0337. The fraction of sp³-hybridized carbons (Fsp3) is 0.600. The largest absolute Gasteiger partial charge is 0.508 e. The first-order chi connectivity index (χ1) is 32.2. The molecule has 376 valence electrons. The number of hydrogen-bond donors (Lipinski definition) is 12. The monoisotopic (exact) mass is 953 g/mol. The number of H-pyrrole nitrogens is 1. The highest BCUT2D eigenvalue weighted by molar-refractivity contribution is 5.98. The van der Waals surface area contributed by atoms with Crippen molar-refractivity contribution in [3.8, 4) is 5.75 Å². The Morgan fingerprint density at radius 1 is 0.794 bits per heavy atom. The maximum Gasteiger partial charge on any atom is 0.246 e. The van der Waals surface area contributed by atoms with Gasteiger partial charge in [0.1, 0.15) is 48.0 Å². The van der Waals surface area contributed by atoms with Crippen molar-refractivity contribution in [1.82, 2.24) is 52.1 Å². The number of aromatic hydroxyl groups is 1. The van der Waals surface area contributed by atoms with Gasteiger partial charge in [0, 0.05) is 37.8 Å². The summed E-state index contributed by atoms with van der Waals surface area (Å²) in [6.07, 6.45) is 4.55. The SMILES string of the molecule is CC[C@H](C)[C@H](NC(=O)[C@@H]1CCCN1C(=O)[C@H](Cc1cnc[nH]1)NC(=O)[C@@H](NC(=O)[C@H](Cc1ccc(O)cc1)NC(=O)[C@@H](NC(=O)[C@H](CCCN=C(N)N)NC(=O)CNC)C(C)C)C(C)C)C(N)=O. The highest BCUT2D eigenvalue weighted by Gasteiger charge is 2.41. The molecule has 0 aliphatic carbocycles. The normalized spacial score (nSPS) is 16.5. The average Bonchev–Trinajstić information content (AvgIpc) is 4.00. The minimum Gasteiger partial charge on any atom is -0.508 e. The molecular formula is C45H72N14O9. The van der Waals surface area contributed by atoms with Crippen molar-refractivity contribution < 1.29 is 43.5 Å². The Morgan fingerprint density at radius 2 is 1.40 bits per heavy atom. The lowest BCUT2D eigenvalue weighted by Crippen LogP contribution is -2.62. The highest BCUT2D eigenvalue weighted by Crippen LogP contribution is 2.21. The molecule has 0 bridgehead atoms. The number of hydrogen-bond acceptors (Lipinski definition) is 12. The first-order valence-corrected chi connectivity index (χ1v) is 23.0. The first kappa shape index (κ1) is 55.5. The van der Waals surface area contributed by atoms with Crippen molar-refractivity contribution in [3.63, 3.8) is 0 Å². The smallest absolute Gasteiger partial charge is 0.246 e. The van der Waals surface area contributed by atoms with Gasteiger partial charge in [-0.2, -0.15) is 0 Å². The molecular weight excluding hydrogens is 881 g/mol. The minimum atomic E-state index is -1.34. The van der Waals surface area contributed by atoms with Crippen LogP contribution in [0.5, 0.6) is 5.75 Å². The van der Waals surface area contributed by atoms with Crippen LogP contribution in [0.4, 0.5) is 0 Å². The second kappa shape index (κ2) is 27.1. The van der Waals surface area contributed by atoms with E-state index in [4.69, 9.17) is 17.2 Å². The topological polar surface area (TPSA) is 363 Å².